The van der Waals surface area contributed by atoms with E-state index >= 15 is 0 Å². The van der Waals surface area contributed by atoms with Gasteiger partial charge in [-0.15, -0.1) is 0 Å². The molecule has 2 fully saturated rings. The highest BCUT2D eigenvalue weighted by molar-refractivity contribution is 5.68. The third-order valence-electron chi connectivity index (χ3n) is 5.65. The molecule has 0 radical (unpaired) electrons. The van der Waals surface area contributed by atoms with Crippen LogP contribution in [0, 0.1) is 25.7 Å². The molecule has 3 heterocycles. The largest absolute Gasteiger partial charge is 0.444 e. The van der Waals surface area contributed by atoms with Crippen LogP contribution in [-0.4, -0.2) is 52.7 Å². The van der Waals surface area contributed by atoms with Gasteiger partial charge in [0, 0.05) is 37.6 Å². The SMILES string of the molecule is Cc1cc(C)nc(N2CCC(C3CCN(C(=O)OC(C)(C)C)CC3)CC2)n1. The van der Waals surface area contributed by atoms with Crippen LogP contribution >= 0.6 is 0 Å². The minimum absolute atomic E-state index is 0.164. The van der Waals surface area contributed by atoms with E-state index in [2.05, 4.69) is 14.9 Å². The number of anilines is 1. The van der Waals surface area contributed by atoms with E-state index in [1.54, 1.807) is 0 Å². The number of hydrogen-bond acceptors (Lipinski definition) is 5. The normalized spacial score (nSPS) is 20.0. The molecule has 2 aliphatic heterocycles. The van der Waals surface area contributed by atoms with Gasteiger partial charge in [-0.25, -0.2) is 14.8 Å². The number of piperidine rings is 2. The molecule has 0 saturated carbocycles. The van der Waals surface area contributed by atoms with Crippen molar-refractivity contribution in [1.29, 1.82) is 0 Å². The van der Waals surface area contributed by atoms with E-state index < -0.39 is 5.60 Å². The summed E-state index contributed by atoms with van der Waals surface area (Å²) in [6.45, 7) is 13.5. The molecule has 1 aromatic rings. The fraction of sp³-hybridized carbons (Fsp3) is 0.762. The van der Waals surface area contributed by atoms with Crippen molar-refractivity contribution < 1.29 is 9.53 Å². The molecule has 3 rings (SSSR count). The molecule has 0 N–H and O–H groups in total. The van der Waals surface area contributed by atoms with Crippen molar-refractivity contribution in [2.45, 2.75) is 65.9 Å². The number of carbonyl (C=O) groups is 1. The van der Waals surface area contributed by atoms with Crippen molar-refractivity contribution in [3.63, 3.8) is 0 Å². The van der Waals surface area contributed by atoms with Crippen molar-refractivity contribution in [2.75, 3.05) is 31.1 Å². The number of carbonyl (C=O) groups excluding carboxylic acids is 1. The maximum Gasteiger partial charge on any atom is 0.410 e. The van der Waals surface area contributed by atoms with Gasteiger partial charge in [-0.2, -0.15) is 0 Å². The predicted octanol–water partition coefficient (Wildman–Crippen LogP) is 3.96. The Morgan fingerprint density at radius 1 is 0.963 bits per heavy atom. The Bertz CT molecular complexity index is 634. The zero-order valence-corrected chi connectivity index (χ0v) is 17.5. The number of likely N-dealkylation sites (tertiary alicyclic amines) is 1. The summed E-state index contributed by atoms with van der Waals surface area (Å²) >= 11 is 0. The number of rotatable bonds is 2. The van der Waals surface area contributed by atoms with Crippen LogP contribution in [0.25, 0.3) is 0 Å². The molecule has 0 atom stereocenters. The minimum atomic E-state index is -0.420. The third kappa shape index (κ3) is 5.33. The van der Waals surface area contributed by atoms with Gasteiger partial charge in [-0.3, -0.25) is 0 Å². The summed E-state index contributed by atoms with van der Waals surface area (Å²) in [7, 11) is 0. The number of aryl methyl sites for hydroxylation is 2. The van der Waals surface area contributed by atoms with Gasteiger partial charge >= 0.3 is 6.09 Å². The van der Waals surface area contributed by atoms with E-state index in [-0.39, 0.29) is 6.09 Å². The molecule has 2 saturated heterocycles. The van der Waals surface area contributed by atoms with Gasteiger partial charge in [0.05, 0.1) is 0 Å². The first-order chi connectivity index (χ1) is 12.7. The third-order valence-corrected chi connectivity index (χ3v) is 5.65. The molecule has 27 heavy (non-hydrogen) atoms. The van der Waals surface area contributed by atoms with Crippen LogP contribution in [0.4, 0.5) is 10.7 Å². The molecule has 0 spiro atoms. The number of ether oxygens (including phenoxy) is 1. The molecule has 6 nitrogen and oxygen atoms in total. The maximum atomic E-state index is 12.2. The Hall–Kier alpha value is -1.85. The number of hydrogen-bond donors (Lipinski definition) is 0. The number of nitrogens with zero attached hydrogens (tertiary/aromatic N) is 4. The molecule has 0 aliphatic carbocycles. The summed E-state index contributed by atoms with van der Waals surface area (Å²) < 4.78 is 5.51. The molecule has 1 amide bonds. The van der Waals surface area contributed by atoms with Gasteiger partial charge in [0.15, 0.2) is 0 Å². The van der Waals surface area contributed by atoms with Crippen molar-refractivity contribution >= 4 is 12.0 Å². The van der Waals surface area contributed by atoms with E-state index in [1.807, 2.05) is 45.6 Å². The highest BCUT2D eigenvalue weighted by Gasteiger charge is 2.32. The lowest BCUT2D eigenvalue weighted by Gasteiger charge is -2.40. The summed E-state index contributed by atoms with van der Waals surface area (Å²) in [6.07, 6.45) is 4.39. The van der Waals surface area contributed by atoms with Gasteiger partial charge in [-0.05, 0) is 78.2 Å². The summed E-state index contributed by atoms with van der Waals surface area (Å²) in [5.41, 5.74) is 1.65. The Kier molecular flexibility index (Phi) is 5.92. The molecule has 0 bridgehead atoms. The first-order valence-corrected chi connectivity index (χ1v) is 10.3. The first kappa shape index (κ1) is 19.9. The first-order valence-electron chi connectivity index (χ1n) is 10.3. The van der Waals surface area contributed by atoms with Crippen molar-refractivity contribution in [3.8, 4) is 0 Å². The highest BCUT2D eigenvalue weighted by Crippen LogP contribution is 2.33. The maximum absolute atomic E-state index is 12.2. The van der Waals surface area contributed by atoms with E-state index in [0.717, 1.165) is 62.3 Å². The monoisotopic (exact) mass is 374 g/mol. The van der Waals surface area contributed by atoms with Gasteiger partial charge in [0.1, 0.15) is 5.60 Å². The number of amides is 1. The van der Waals surface area contributed by atoms with Crippen LogP contribution in [0.3, 0.4) is 0 Å². The van der Waals surface area contributed by atoms with Gasteiger partial charge in [-0.1, -0.05) is 0 Å². The molecule has 0 unspecified atom stereocenters. The fourth-order valence-electron chi connectivity index (χ4n) is 4.30. The average Bonchev–Trinajstić information content (AvgIpc) is 2.60. The summed E-state index contributed by atoms with van der Waals surface area (Å²) in [6, 6.07) is 2.02. The second kappa shape index (κ2) is 8.03. The Morgan fingerprint density at radius 3 is 1.93 bits per heavy atom. The zero-order valence-electron chi connectivity index (χ0n) is 17.5. The lowest BCUT2D eigenvalue weighted by Crippen LogP contribution is -2.44. The van der Waals surface area contributed by atoms with Crippen LogP contribution in [0.1, 0.15) is 57.8 Å². The van der Waals surface area contributed by atoms with Gasteiger partial charge < -0.3 is 14.5 Å². The van der Waals surface area contributed by atoms with Crippen molar-refractivity contribution in [1.82, 2.24) is 14.9 Å². The van der Waals surface area contributed by atoms with Crippen molar-refractivity contribution in [2.24, 2.45) is 11.8 Å². The van der Waals surface area contributed by atoms with E-state index in [4.69, 9.17) is 4.74 Å². The fourth-order valence-corrected chi connectivity index (χ4v) is 4.30. The molecule has 6 heteroatoms. The minimum Gasteiger partial charge on any atom is -0.444 e. The lowest BCUT2D eigenvalue weighted by atomic mass is 9.79. The van der Waals surface area contributed by atoms with Crippen LogP contribution in [0.5, 0.6) is 0 Å². The van der Waals surface area contributed by atoms with Crippen molar-refractivity contribution in [3.05, 3.63) is 17.5 Å². The quantitative estimate of drug-likeness (QED) is 0.784. The molecule has 150 valence electrons. The van der Waals surface area contributed by atoms with E-state index in [0.29, 0.717) is 5.92 Å². The predicted molar refractivity (Wildman–Crippen MR) is 107 cm³/mol. The molecule has 0 aromatic carbocycles. The second-order valence-electron chi connectivity index (χ2n) is 9.08. The highest BCUT2D eigenvalue weighted by atomic mass is 16.6. The van der Waals surface area contributed by atoms with Gasteiger partial charge in [0.2, 0.25) is 5.95 Å². The van der Waals surface area contributed by atoms with Crippen LogP contribution in [0.15, 0.2) is 6.07 Å². The zero-order chi connectivity index (χ0) is 19.6. The van der Waals surface area contributed by atoms with E-state index in [1.165, 1.54) is 12.8 Å². The average molecular weight is 375 g/mol. The second-order valence-corrected chi connectivity index (χ2v) is 9.08. The van der Waals surface area contributed by atoms with Crippen LogP contribution in [-0.2, 0) is 4.74 Å². The van der Waals surface area contributed by atoms with Gasteiger partial charge in [0.25, 0.3) is 0 Å². The topological polar surface area (TPSA) is 58.6 Å². The van der Waals surface area contributed by atoms with E-state index in [9.17, 15) is 4.79 Å². The molecule has 2 aliphatic rings. The van der Waals surface area contributed by atoms with Crippen LogP contribution < -0.4 is 4.90 Å². The number of aromatic nitrogens is 2. The Morgan fingerprint density at radius 2 is 1.44 bits per heavy atom. The Balaban J connectivity index is 1.48. The summed E-state index contributed by atoms with van der Waals surface area (Å²) in [5, 5.41) is 0. The molecular formula is C21H34N4O2. The molecular weight excluding hydrogens is 340 g/mol. The molecule has 1 aromatic heterocycles. The smallest absolute Gasteiger partial charge is 0.410 e. The Labute approximate surface area is 163 Å². The summed E-state index contributed by atoms with van der Waals surface area (Å²) in [4.78, 5) is 25.7. The van der Waals surface area contributed by atoms with Crippen LogP contribution in [0.2, 0.25) is 0 Å². The summed E-state index contributed by atoms with van der Waals surface area (Å²) in [5.74, 6) is 2.34. The lowest BCUT2D eigenvalue weighted by molar-refractivity contribution is 0.0152. The standard InChI is InChI=1S/C21H34N4O2/c1-15-14-16(2)23-19(22-15)24-10-6-17(7-11-24)18-8-12-25(13-9-18)20(26)27-21(3,4)5/h14,17-18H,6-13H2,1-5H3.